The molecule has 0 saturated heterocycles. The normalized spacial score (nSPS) is 10.7. The first kappa shape index (κ1) is 18.1. The zero-order chi connectivity index (χ0) is 18.2. The van der Waals surface area contributed by atoms with Crippen molar-refractivity contribution in [1.82, 2.24) is 5.32 Å². The molecule has 0 atom stereocenters. The molecule has 0 heterocycles. The van der Waals surface area contributed by atoms with Gasteiger partial charge in [0.05, 0.1) is 14.2 Å². The number of carbonyl (C=O) groups excluding carboxylic acids is 1. The van der Waals surface area contributed by atoms with E-state index in [2.05, 4.69) is 5.32 Å². The number of hydrogen-bond acceptors (Lipinski definition) is 4. The van der Waals surface area contributed by atoms with E-state index in [1.54, 1.807) is 26.4 Å². The van der Waals surface area contributed by atoms with Crippen molar-refractivity contribution in [3.63, 3.8) is 0 Å². The van der Waals surface area contributed by atoms with E-state index < -0.39 is 5.91 Å². The van der Waals surface area contributed by atoms with Crippen molar-refractivity contribution in [2.24, 2.45) is 0 Å². The van der Waals surface area contributed by atoms with Crippen molar-refractivity contribution >= 4 is 12.0 Å². The van der Waals surface area contributed by atoms with Crippen molar-refractivity contribution in [3.8, 4) is 17.6 Å². The largest absolute Gasteiger partial charge is 0.497 e. The van der Waals surface area contributed by atoms with Crippen molar-refractivity contribution in [3.05, 3.63) is 64.7 Å². The van der Waals surface area contributed by atoms with Gasteiger partial charge in [-0.05, 0) is 54.0 Å². The van der Waals surface area contributed by atoms with Gasteiger partial charge in [-0.25, -0.2) is 0 Å². The fraction of sp³-hybridized carbons (Fsp3) is 0.200. The second-order valence-corrected chi connectivity index (χ2v) is 5.42. The number of aryl methyl sites for hydroxylation is 1. The summed E-state index contributed by atoms with van der Waals surface area (Å²) in [6.45, 7) is 2.24. The average Bonchev–Trinajstić information content (AvgIpc) is 2.65. The molecule has 2 rings (SSSR count). The van der Waals surface area contributed by atoms with Crippen LogP contribution in [-0.2, 0) is 11.3 Å². The summed E-state index contributed by atoms with van der Waals surface area (Å²) in [5.41, 5.74) is 2.71. The maximum atomic E-state index is 12.3. The number of nitriles is 1. The van der Waals surface area contributed by atoms with Crippen LogP contribution in [0.2, 0.25) is 0 Å². The van der Waals surface area contributed by atoms with Gasteiger partial charge >= 0.3 is 0 Å². The third-order valence-corrected chi connectivity index (χ3v) is 3.75. The molecule has 2 aromatic carbocycles. The molecule has 0 saturated carbocycles. The molecule has 0 bridgehead atoms. The molecule has 0 spiro atoms. The fourth-order valence-corrected chi connectivity index (χ4v) is 2.26. The molecule has 25 heavy (non-hydrogen) atoms. The van der Waals surface area contributed by atoms with Gasteiger partial charge in [-0.3, -0.25) is 4.79 Å². The van der Waals surface area contributed by atoms with Crippen LogP contribution < -0.4 is 14.8 Å². The Kier molecular flexibility index (Phi) is 6.19. The highest BCUT2D eigenvalue weighted by Gasteiger charge is 2.10. The monoisotopic (exact) mass is 336 g/mol. The summed E-state index contributed by atoms with van der Waals surface area (Å²) in [5.74, 6) is 1.08. The topological polar surface area (TPSA) is 71.3 Å². The molecule has 2 aromatic rings. The summed E-state index contributed by atoms with van der Waals surface area (Å²) in [6, 6.07) is 14.8. The van der Waals surface area contributed by atoms with Crippen molar-refractivity contribution < 1.29 is 14.3 Å². The Morgan fingerprint density at radius 2 is 1.76 bits per heavy atom. The van der Waals surface area contributed by atoms with Crippen LogP contribution in [0.4, 0.5) is 0 Å². The van der Waals surface area contributed by atoms with E-state index >= 15 is 0 Å². The number of carbonyl (C=O) groups is 1. The van der Waals surface area contributed by atoms with Gasteiger partial charge in [0, 0.05) is 6.54 Å². The van der Waals surface area contributed by atoms with Crippen LogP contribution in [0.25, 0.3) is 6.08 Å². The first-order valence-electron chi connectivity index (χ1n) is 7.75. The van der Waals surface area contributed by atoms with Gasteiger partial charge in [0.25, 0.3) is 5.91 Å². The molecule has 128 valence electrons. The molecule has 1 N–H and O–H groups in total. The molecular formula is C20H20N2O3. The van der Waals surface area contributed by atoms with E-state index in [1.807, 2.05) is 49.4 Å². The fourth-order valence-electron chi connectivity index (χ4n) is 2.26. The van der Waals surface area contributed by atoms with Gasteiger partial charge in [-0.15, -0.1) is 0 Å². The summed E-state index contributed by atoms with van der Waals surface area (Å²) in [6.07, 6.45) is 1.58. The lowest BCUT2D eigenvalue weighted by atomic mass is 10.1. The van der Waals surface area contributed by atoms with Crippen molar-refractivity contribution in [2.45, 2.75) is 13.5 Å². The van der Waals surface area contributed by atoms with Gasteiger partial charge in [-0.2, -0.15) is 5.26 Å². The number of benzene rings is 2. The Morgan fingerprint density at radius 1 is 1.12 bits per heavy atom. The van der Waals surface area contributed by atoms with Gasteiger partial charge in [0.2, 0.25) is 0 Å². The second-order valence-electron chi connectivity index (χ2n) is 5.42. The minimum Gasteiger partial charge on any atom is -0.497 e. The minimum absolute atomic E-state index is 0.0572. The molecule has 0 radical (unpaired) electrons. The van der Waals surface area contributed by atoms with E-state index in [0.717, 1.165) is 28.2 Å². The van der Waals surface area contributed by atoms with Crippen LogP contribution in [0.15, 0.2) is 48.0 Å². The van der Waals surface area contributed by atoms with E-state index in [0.29, 0.717) is 6.54 Å². The third-order valence-electron chi connectivity index (χ3n) is 3.75. The van der Waals surface area contributed by atoms with Crippen molar-refractivity contribution in [2.75, 3.05) is 14.2 Å². The maximum Gasteiger partial charge on any atom is 0.262 e. The number of amides is 1. The van der Waals surface area contributed by atoms with Gasteiger partial charge in [0.1, 0.15) is 23.1 Å². The first-order chi connectivity index (χ1) is 12.1. The summed E-state index contributed by atoms with van der Waals surface area (Å²) in [4.78, 5) is 12.3. The number of nitrogens with zero attached hydrogens (tertiary/aromatic N) is 1. The zero-order valence-corrected chi connectivity index (χ0v) is 14.5. The molecule has 0 fully saturated rings. The summed E-state index contributed by atoms with van der Waals surface area (Å²) in [5, 5.41) is 12.0. The van der Waals surface area contributed by atoms with Crippen LogP contribution in [0.3, 0.4) is 0 Å². The van der Waals surface area contributed by atoms with E-state index in [1.165, 1.54) is 0 Å². The van der Waals surface area contributed by atoms with Crippen LogP contribution in [0.5, 0.6) is 11.5 Å². The Bertz CT molecular complexity index is 818. The number of rotatable bonds is 6. The number of hydrogen-bond donors (Lipinski definition) is 1. The highest BCUT2D eigenvalue weighted by Crippen LogP contribution is 2.19. The van der Waals surface area contributed by atoms with Crippen LogP contribution in [0, 0.1) is 18.3 Å². The SMILES string of the molecule is COc1ccc(CNC(=O)/C(C#N)=C\c2ccc(OC)cc2C)cc1. The zero-order valence-electron chi connectivity index (χ0n) is 14.5. The molecule has 0 aliphatic heterocycles. The second kappa shape index (κ2) is 8.55. The molecule has 0 aliphatic carbocycles. The quantitative estimate of drug-likeness (QED) is 0.649. The minimum atomic E-state index is -0.409. The smallest absolute Gasteiger partial charge is 0.262 e. The van der Waals surface area contributed by atoms with Gasteiger partial charge < -0.3 is 14.8 Å². The first-order valence-corrected chi connectivity index (χ1v) is 7.75. The lowest BCUT2D eigenvalue weighted by Crippen LogP contribution is -2.23. The Hall–Kier alpha value is -3.26. The standard InChI is InChI=1S/C20H20N2O3/c1-14-10-19(25-3)9-6-16(14)11-17(12-21)20(23)22-13-15-4-7-18(24-2)8-5-15/h4-11H,13H2,1-3H3,(H,22,23)/b17-11-. The Morgan fingerprint density at radius 3 is 2.32 bits per heavy atom. The predicted molar refractivity (Wildman–Crippen MR) is 96.2 cm³/mol. The molecule has 0 aromatic heterocycles. The van der Waals surface area contributed by atoms with E-state index in [9.17, 15) is 10.1 Å². The molecule has 0 aliphatic rings. The van der Waals surface area contributed by atoms with Crippen LogP contribution in [-0.4, -0.2) is 20.1 Å². The Labute approximate surface area is 147 Å². The molecule has 0 unspecified atom stereocenters. The van der Waals surface area contributed by atoms with E-state index in [4.69, 9.17) is 9.47 Å². The van der Waals surface area contributed by atoms with Crippen molar-refractivity contribution in [1.29, 1.82) is 5.26 Å². The number of nitrogens with one attached hydrogen (secondary N) is 1. The van der Waals surface area contributed by atoms with Gasteiger partial charge in [-0.1, -0.05) is 18.2 Å². The van der Waals surface area contributed by atoms with Gasteiger partial charge in [0.15, 0.2) is 0 Å². The highest BCUT2D eigenvalue weighted by atomic mass is 16.5. The van der Waals surface area contributed by atoms with E-state index in [-0.39, 0.29) is 5.57 Å². The summed E-state index contributed by atoms with van der Waals surface area (Å²) >= 11 is 0. The summed E-state index contributed by atoms with van der Waals surface area (Å²) in [7, 11) is 3.19. The maximum absolute atomic E-state index is 12.3. The lowest BCUT2D eigenvalue weighted by molar-refractivity contribution is -0.117. The molecule has 5 heteroatoms. The lowest BCUT2D eigenvalue weighted by Gasteiger charge is -2.07. The molecule has 1 amide bonds. The average molecular weight is 336 g/mol. The highest BCUT2D eigenvalue weighted by molar-refractivity contribution is 6.01. The van der Waals surface area contributed by atoms with Crippen LogP contribution >= 0.6 is 0 Å². The summed E-state index contributed by atoms with van der Waals surface area (Å²) < 4.78 is 10.3. The third kappa shape index (κ3) is 4.85. The number of ether oxygens (including phenoxy) is 2. The Balaban J connectivity index is 2.08. The predicted octanol–water partition coefficient (Wildman–Crippen LogP) is 3.24. The van der Waals surface area contributed by atoms with Crippen LogP contribution in [0.1, 0.15) is 16.7 Å². The molecule has 5 nitrogen and oxygen atoms in total. The molecular weight excluding hydrogens is 316 g/mol. The number of methoxy groups -OCH3 is 2.